The van der Waals surface area contributed by atoms with E-state index in [1.165, 1.54) is 7.11 Å². The third kappa shape index (κ3) is 3.32. The molecule has 2 N–H and O–H groups in total. The molecule has 0 saturated heterocycles. The molecule has 2 rings (SSSR count). The Morgan fingerprint density at radius 1 is 1.15 bits per heavy atom. The number of hydrogen-bond donors (Lipinski definition) is 2. The number of carbonyl (C=O) groups excluding carboxylic acids is 1. The highest BCUT2D eigenvalue weighted by Gasteiger charge is 2.43. The molecule has 0 aromatic heterocycles. The second kappa shape index (κ2) is 6.41. The van der Waals surface area contributed by atoms with Crippen molar-refractivity contribution >= 4 is 16.0 Å². The fraction of sp³-hybridized carbons (Fsp3) is 0.923. The Bertz CT molecular complexity index is 450. The van der Waals surface area contributed by atoms with Crippen molar-refractivity contribution in [3.8, 4) is 0 Å². The summed E-state index contributed by atoms with van der Waals surface area (Å²) in [6.45, 7) is 0. The topological polar surface area (TPSA) is 92.7 Å². The third-order valence-corrected chi connectivity index (χ3v) is 6.39. The summed E-state index contributed by atoms with van der Waals surface area (Å²) in [5.41, 5.74) is 0. The van der Waals surface area contributed by atoms with Crippen LogP contribution in [0.25, 0.3) is 0 Å². The van der Waals surface area contributed by atoms with Gasteiger partial charge in [0.15, 0.2) is 0 Å². The van der Waals surface area contributed by atoms with Crippen molar-refractivity contribution in [2.24, 2.45) is 5.92 Å². The Balaban J connectivity index is 2.07. The number of carbonyl (C=O) groups is 1. The maximum absolute atomic E-state index is 12.4. The highest BCUT2D eigenvalue weighted by Crippen LogP contribution is 2.32. The van der Waals surface area contributed by atoms with Crippen molar-refractivity contribution in [3.05, 3.63) is 0 Å². The van der Waals surface area contributed by atoms with Gasteiger partial charge in [0.05, 0.1) is 24.4 Å². The van der Waals surface area contributed by atoms with E-state index in [-0.39, 0.29) is 0 Å². The highest BCUT2D eigenvalue weighted by molar-refractivity contribution is 7.90. The van der Waals surface area contributed by atoms with E-state index in [1.807, 2.05) is 0 Å². The van der Waals surface area contributed by atoms with Crippen LogP contribution in [0, 0.1) is 5.92 Å². The Labute approximate surface area is 119 Å². The zero-order valence-corrected chi connectivity index (χ0v) is 12.6. The summed E-state index contributed by atoms with van der Waals surface area (Å²) in [5.74, 6) is -1.04. The van der Waals surface area contributed by atoms with Crippen molar-refractivity contribution in [1.82, 2.24) is 4.72 Å². The van der Waals surface area contributed by atoms with Gasteiger partial charge in [-0.15, -0.1) is 0 Å². The van der Waals surface area contributed by atoms with Crippen molar-refractivity contribution in [2.75, 3.05) is 7.11 Å². The van der Waals surface area contributed by atoms with Gasteiger partial charge in [0, 0.05) is 6.04 Å². The molecule has 2 aliphatic carbocycles. The average molecular weight is 305 g/mol. The van der Waals surface area contributed by atoms with Gasteiger partial charge in [-0.1, -0.05) is 19.3 Å². The quantitative estimate of drug-likeness (QED) is 0.740. The first-order chi connectivity index (χ1) is 9.45. The Kier molecular flexibility index (Phi) is 5.04. The van der Waals surface area contributed by atoms with Gasteiger partial charge in [-0.3, -0.25) is 4.79 Å². The van der Waals surface area contributed by atoms with E-state index in [0.717, 1.165) is 12.8 Å². The van der Waals surface area contributed by atoms with E-state index >= 15 is 0 Å². The molecule has 0 aliphatic heterocycles. The molecular weight excluding hydrogens is 282 g/mol. The first-order valence-corrected chi connectivity index (χ1v) is 8.77. The van der Waals surface area contributed by atoms with E-state index in [0.29, 0.717) is 32.1 Å². The lowest BCUT2D eigenvalue weighted by Gasteiger charge is -2.30. The summed E-state index contributed by atoms with van der Waals surface area (Å²) < 4.78 is 32.2. The molecule has 0 radical (unpaired) electrons. The number of methoxy groups -OCH3 is 1. The summed E-state index contributed by atoms with van der Waals surface area (Å²) in [6.07, 6.45) is 4.20. The Hall–Kier alpha value is -0.660. The SMILES string of the molecule is COC(=O)C1CCCC1S(=O)(=O)N[C@@H]1CCCC[C@H]1O. The molecule has 0 bridgehead atoms. The van der Waals surface area contributed by atoms with Crippen LogP contribution in [-0.4, -0.2) is 44.0 Å². The zero-order chi connectivity index (χ0) is 14.8. The number of rotatable bonds is 4. The second-order valence-corrected chi connectivity index (χ2v) is 7.65. The molecule has 0 aromatic carbocycles. The van der Waals surface area contributed by atoms with Crippen molar-refractivity contribution < 1.29 is 23.1 Å². The Morgan fingerprint density at radius 3 is 2.50 bits per heavy atom. The minimum Gasteiger partial charge on any atom is -0.469 e. The van der Waals surface area contributed by atoms with Crippen molar-refractivity contribution in [3.63, 3.8) is 0 Å². The number of aliphatic hydroxyl groups is 1. The standard InChI is InChI=1S/C13H23NO5S/c1-19-13(16)9-5-4-8-12(9)20(17,18)14-10-6-2-3-7-11(10)15/h9-12,14-15H,2-8H2,1H3/t9?,10-,11-,12?/m1/s1. The lowest BCUT2D eigenvalue weighted by Crippen LogP contribution is -2.49. The monoisotopic (exact) mass is 305 g/mol. The molecule has 2 unspecified atom stereocenters. The van der Waals surface area contributed by atoms with E-state index in [9.17, 15) is 18.3 Å². The first kappa shape index (κ1) is 15.7. The molecule has 2 aliphatic rings. The van der Waals surface area contributed by atoms with E-state index in [2.05, 4.69) is 4.72 Å². The molecule has 2 fully saturated rings. The fourth-order valence-corrected chi connectivity index (χ4v) is 5.29. The van der Waals surface area contributed by atoms with E-state index in [4.69, 9.17) is 4.74 Å². The lowest BCUT2D eigenvalue weighted by molar-refractivity contribution is -0.145. The van der Waals surface area contributed by atoms with Crippen LogP contribution >= 0.6 is 0 Å². The van der Waals surface area contributed by atoms with Crippen LogP contribution in [0.15, 0.2) is 0 Å². The number of esters is 1. The number of aliphatic hydroxyl groups excluding tert-OH is 1. The summed E-state index contributed by atoms with van der Waals surface area (Å²) in [7, 11) is -2.33. The number of nitrogens with one attached hydrogen (secondary N) is 1. The molecule has 0 amide bonds. The van der Waals surface area contributed by atoms with Crippen LogP contribution in [0.1, 0.15) is 44.9 Å². The molecule has 0 spiro atoms. The predicted molar refractivity (Wildman–Crippen MR) is 73.5 cm³/mol. The minimum absolute atomic E-state index is 0.423. The third-order valence-electron chi connectivity index (χ3n) is 4.40. The molecule has 7 heteroatoms. The molecule has 0 aromatic rings. The van der Waals surface area contributed by atoms with Gasteiger partial charge in [0.25, 0.3) is 0 Å². The van der Waals surface area contributed by atoms with Crippen LogP contribution in [0.2, 0.25) is 0 Å². The van der Waals surface area contributed by atoms with Crippen LogP contribution in [0.3, 0.4) is 0 Å². The number of hydrogen-bond acceptors (Lipinski definition) is 5. The van der Waals surface area contributed by atoms with Crippen molar-refractivity contribution in [2.45, 2.75) is 62.3 Å². The van der Waals surface area contributed by atoms with Gasteiger partial charge < -0.3 is 9.84 Å². The van der Waals surface area contributed by atoms with E-state index in [1.54, 1.807) is 0 Å². The van der Waals surface area contributed by atoms with Gasteiger partial charge in [0.2, 0.25) is 10.0 Å². The van der Waals surface area contributed by atoms with Crippen LogP contribution in [0.5, 0.6) is 0 Å². The van der Waals surface area contributed by atoms with Gasteiger partial charge >= 0.3 is 5.97 Å². The maximum atomic E-state index is 12.4. The normalized spacial score (nSPS) is 34.9. The minimum atomic E-state index is -3.61. The van der Waals surface area contributed by atoms with Crippen LogP contribution in [-0.2, 0) is 19.6 Å². The first-order valence-electron chi connectivity index (χ1n) is 7.22. The molecule has 0 heterocycles. The van der Waals surface area contributed by atoms with Crippen molar-refractivity contribution in [1.29, 1.82) is 0 Å². The van der Waals surface area contributed by atoms with Gasteiger partial charge in [0.1, 0.15) is 0 Å². The van der Waals surface area contributed by atoms with Gasteiger partial charge in [-0.05, 0) is 25.7 Å². The molecule has 116 valence electrons. The zero-order valence-electron chi connectivity index (χ0n) is 11.7. The molecule has 6 nitrogen and oxygen atoms in total. The predicted octanol–water partition coefficient (Wildman–Crippen LogP) is 0.551. The van der Waals surface area contributed by atoms with E-state index < -0.39 is 39.3 Å². The number of ether oxygens (including phenoxy) is 1. The summed E-state index contributed by atoms with van der Waals surface area (Å²) in [6, 6.07) is -0.423. The van der Waals surface area contributed by atoms with Gasteiger partial charge in [-0.2, -0.15) is 0 Å². The Morgan fingerprint density at radius 2 is 1.85 bits per heavy atom. The second-order valence-electron chi connectivity index (χ2n) is 5.72. The average Bonchev–Trinajstić information content (AvgIpc) is 2.90. The van der Waals surface area contributed by atoms with Crippen LogP contribution < -0.4 is 4.72 Å². The lowest BCUT2D eigenvalue weighted by atomic mass is 9.93. The summed E-state index contributed by atoms with van der Waals surface area (Å²) in [5, 5.41) is 9.15. The highest BCUT2D eigenvalue weighted by atomic mass is 32.2. The van der Waals surface area contributed by atoms with Gasteiger partial charge in [-0.25, -0.2) is 13.1 Å². The molecule has 4 atom stereocenters. The summed E-state index contributed by atoms with van der Waals surface area (Å²) in [4.78, 5) is 11.7. The summed E-state index contributed by atoms with van der Waals surface area (Å²) >= 11 is 0. The maximum Gasteiger partial charge on any atom is 0.310 e. The molecule has 2 saturated carbocycles. The largest absolute Gasteiger partial charge is 0.469 e. The number of sulfonamides is 1. The smallest absolute Gasteiger partial charge is 0.310 e. The molecular formula is C13H23NO5S. The van der Waals surface area contributed by atoms with Crippen LogP contribution in [0.4, 0.5) is 0 Å². The fourth-order valence-electron chi connectivity index (χ4n) is 3.27. The molecule has 20 heavy (non-hydrogen) atoms.